The van der Waals surface area contributed by atoms with Crippen molar-refractivity contribution in [1.29, 1.82) is 0 Å². The lowest BCUT2D eigenvalue weighted by atomic mass is 10.0. The van der Waals surface area contributed by atoms with Gasteiger partial charge in [-0.1, -0.05) is 23.2 Å². The van der Waals surface area contributed by atoms with Crippen molar-refractivity contribution in [1.82, 2.24) is 0 Å². The van der Waals surface area contributed by atoms with Crippen LogP contribution in [0.2, 0.25) is 10.0 Å². The normalized spacial score (nSPS) is 10.1. The second-order valence-corrected chi connectivity index (χ2v) is 3.77. The van der Waals surface area contributed by atoms with Gasteiger partial charge in [-0.3, -0.25) is 0 Å². The molecule has 0 aliphatic heterocycles. The van der Waals surface area contributed by atoms with Crippen LogP contribution < -0.4 is 0 Å². The third-order valence-corrected chi connectivity index (χ3v) is 2.92. The Labute approximate surface area is 92.8 Å². The highest BCUT2D eigenvalue weighted by Crippen LogP contribution is 2.31. The van der Waals surface area contributed by atoms with E-state index in [0.717, 1.165) is 11.1 Å². The van der Waals surface area contributed by atoms with Crippen LogP contribution in [0.25, 0.3) is 0 Å². The summed E-state index contributed by atoms with van der Waals surface area (Å²) in [4.78, 5) is 11.4. The van der Waals surface area contributed by atoms with Crippen LogP contribution in [0.3, 0.4) is 0 Å². The van der Waals surface area contributed by atoms with Crippen LogP contribution in [-0.2, 0) is 4.74 Å². The van der Waals surface area contributed by atoms with Gasteiger partial charge in [0.1, 0.15) is 0 Å². The lowest BCUT2D eigenvalue weighted by Crippen LogP contribution is -2.06. The minimum Gasteiger partial charge on any atom is -0.465 e. The summed E-state index contributed by atoms with van der Waals surface area (Å²) in [5.41, 5.74) is 2.06. The largest absolute Gasteiger partial charge is 0.465 e. The number of hydrogen-bond acceptors (Lipinski definition) is 2. The quantitative estimate of drug-likeness (QED) is 0.695. The predicted octanol–water partition coefficient (Wildman–Crippen LogP) is 3.40. The Morgan fingerprint density at radius 1 is 1.36 bits per heavy atom. The maximum atomic E-state index is 11.4. The van der Waals surface area contributed by atoms with Crippen LogP contribution >= 0.6 is 23.2 Å². The van der Waals surface area contributed by atoms with Crippen LogP contribution in [0.1, 0.15) is 21.5 Å². The van der Waals surface area contributed by atoms with Gasteiger partial charge in [0.15, 0.2) is 0 Å². The average Bonchev–Trinajstić information content (AvgIpc) is 2.15. The van der Waals surface area contributed by atoms with E-state index in [-0.39, 0.29) is 5.02 Å². The Hall–Kier alpha value is -0.730. The number of ether oxygens (including phenoxy) is 1. The van der Waals surface area contributed by atoms with Crippen LogP contribution in [0, 0.1) is 13.8 Å². The van der Waals surface area contributed by atoms with Gasteiger partial charge < -0.3 is 4.74 Å². The molecule has 1 aromatic rings. The van der Waals surface area contributed by atoms with Gasteiger partial charge in [0.05, 0.1) is 22.7 Å². The van der Waals surface area contributed by atoms with Gasteiger partial charge in [0.25, 0.3) is 0 Å². The molecule has 0 radical (unpaired) electrons. The van der Waals surface area contributed by atoms with E-state index in [4.69, 9.17) is 23.2 Å². The minimum absolute atomic E-state index is 0.251. The summed E-state index contributed by atoms with van der Waals surface area (Å²) < 4.78 is 4.63. The zero-order chi connectivity index (χ0) is 10.9. The summed E-state index contributed by atoms with van der Waals surface area (Å²) in [7, 11) is 1.31. The molecule has 1 rings (SSSR count). The van der Waals surface area contributed by atoms with E-state index in [9.17, 15) is 4.79 Å². The summed E-state index contributed by atoms with van der Waals surface area (Å²) in [6, 6.07) is 1.73. The van der Waals surface area contributed by atoms with E-state index in [1.54, 1.807) is 6.07 Å². The molecule has 1 aromatic carbocycles. The number of aryl methyl sites for hydroxylation is 1. The number of methoxy groups -OCH3 is 1. The number of carbonyl (C=O) groups excluding carboxylic acids is 1. The van der Waals surface area contributed by atoms with E-state index < -0.39 is 5.97 Å². The fourth-order valence-electron chi connectivity index (χ4n) is 1.19. The molecule has 0 bridgehead atoms. The Balaban J connectivity index is 3.47. The first-order chi connectivity index (χ1) is 6.49. The van der Waals surface area contributed by atoms with Gasteiger partial charge >= 0.3 is 5.97 Å². The van der Waals surface area contributed by atoms with Crippen molar-refractivity contribution in [2.45, 2.75) is 13.8 Å². The molecule has 0 aliphatic rings. The number of rotatable bonds is 1. The summed E-state index contributed by atoms with van der Waals surface area (Å²) in [6.07, 6.45) is 0. The molecule has 0 amide bonds. The first-order valence-corrected chi connectivity index (χ1v) is 4.78. The molecule has 0 aliphatic carbocycles. The van der Waals surface area contributed by atoms with Crippen LogP contribution in [-0.4, -0.2) is 13.1 Å². The summed E-state index contributed by atoms with van der Waals surface area (Å²) in [6.45, 7) is 3.67. The van der Waals surface area contributed by atoms with Crippen molar-refractivity contribution < 1.29 is 9.53 Å². The first-order valence-electron chi connectivity index (χ1n) is 4.02. The van der Waals surface area contributed by atoms with E-state index in [1.165, 1.54) is 7.11 Å². The van der Waals surface area contributed by atoms with Gasteiger partial charge in [-0.25, -0.2) is 4.79 Å². The first kappa shape index (κ1) is 11.3. The third kappa shape index (κ3) is 1.86. The van der Waals surface area contributed by atoms with E-state index in [1.807, 2.05) is 13.8 Å². The van der Waals surface area contributed by atoms with Crippen molar-refractivity contribution in [2.24, 2.45) is 0 Å². The molecule has 0 heterocycles. The number of benzene rings is 1. The maximum absolute atomic E-state index is 11.4. The van der Waals surface area contributed by atoms with Gasteiger partial charge in [-0.15, -0.1) is 0 Å². The van der Waals surface area contributed by atoms with Crippen LogP contribution in [0.5, 0.6) is 0 Å². The lowest BCUT2D eigenvalue weighted by Gasteiger charge is -2.10. The Bertz CT molecular complexity index is 360. The Morgan fingerprint density at radius 2 is 1.93 bits per heavy atom. The molecular weight excluding hydrogens is 223 g/mol. The van der Waals surface area contributed by atoms with Gasteiger partial charge in [-0.2, -0.15) is 0 Å². The number of halogens is 2. The van der Waals surface area contributed by atoms with E-state index in [2.05, 4.69) is 4.74 Å². The molecule has 0 spiro atoms. The molecule has 0 unspecified atom stereocenters. The van der Waals surface area contributed by atoms with Crippen LogP contribution in [0.15, 0.2) is 6.07 Å². The number of esters is 1. The highest BCUT2D eigenvalue weighted by atomic mass is 35.5. The zero-order valence-electron chi connectivity index (χ0n) is 8.15. The minimum atomic E-state index is -0.460. The molecule has 0 atom stereocenters. The summed E-state index contributed by atoms with van der Waals surface area (Å²) in [5, 5.41) is 0.622. The van der Waals surface area contributed by atoms with Crippen molar-refractivity contribution >= 4 is 29.2 Å². The second kappa shape index (κ2) is 4.20. The smallest absolute Gasteiger partial charge is 0.339 e. The SMILES string of the molecule is COC(=O)c1c(C)c(C)cc(Cl)c1Cl. The highest BCUT2D eigenvalue weighted by Gasteiger charge is 2.18. The van der Waals surface area contributed by atoms with Gasteiger partial charge in [0.2, 0.25) is 0 Å². The molecule has 2 nitrogen and oxygen atoms in total. The van der Waals surface area contributed by atoms with Crippen molar-refractivity contribution in [3.05, 3.63) is 32.8 Å². The Kier molecular flexibility index (Phi) is 3.40. The van der Waals surface area contributed by atoms with E-state index in [0.29, 0.717) is 10.6 Å². The number of hydrogen-bond donors (Lipinski definition) is 0. The summed E-state index contributed by atoms with van der Waals surface area (Å²) in [5.74, 6) is -0.460. The molecular formula is C10H10Cl2O2. The fourth-order valence-corrected chi connectivity index (χ4v) is 1.72. The third-order valence-electron chi connectivity index (χ3n) is 2.13. The molecule has 76 valence electrons. The Morgan fingerprint density at radius 3 is 2.43 bits per heavy atom. The van der Waals surface area contributed by atoms with Gasteiger partial charge in [0, 0.05) is 0 Å². The zero-order valence-corrected chi connectivity index (χ0v) is 9.66. The molecule has 14 heavy (non-hydrogen) atoms. The van der Waals surface area contributed by atoms with Gasteiger partial charge in [-0.05, 0) is 31.0 Å². The lowest BCUT2D eigenvalue weighted by molar-refractivity contribution is 0.0600. The molecule has 0 saturated heterocycles. The molecule has 0 aromatic heterocycles. The summed E-state index contributed by atoms with van der Waals surface area (Å²) >= 11 is 11.8. The fraction of sp³-hybridized carbons (Fsp3) is 0.300. The van der Waals surface area contributed by atoms with E-state index >= 15 is 0 Å². The molecule has 0 N–H and O–H groups in total. The number of carbonyl (C=O) groups is 1. The average molecular weight is 233 g/mol. The topological polar surface area (TPSA) is 26.3 Å². The molecule has 0 saturated carbocycles. The highest BCUT2D eigenvalue weighted by molar-refractivity contribution is 6.44. The van der Waals surface area contributed by atoms with Crippen molar-refractivity contribution in [2.75, 3.05) is 7.11 Å². The molecule has 4 heteroatoms. The second-order valence-electron chi connectivity index (χ2n) is 2.98. The van der Waals surface area contributed by atoms with Crippen molar-refractivity contribution in [3.8, 4) is 0 Å². The maximum Gasteiger partial charge on any atom is 0.339 e. The standard InChI is InChI=1S/C10H10Cl2O2/c1-5-4-7(11)9(12)8(6(5)2)10(13)14-3/h4H,1-3H3. The predicted molar refractivity (Wildman–Crippen MR) is 57.3 cm³/mol. The van der Waals surface area contributed by atoms with Crippen LogP contribution in [0.4, 0.5) is 0 Å². The molecule has 0 fully saturated rings. The van der Waals surface area contributed by atoms with Crippen molar-refractivity contribution in [3.63, 3.8) is 0 Å². The monoisotopic (exact) mass is 232 g/mol.